The molecule has 2 saturated carbocycles. The Morgan fingerprint density at radius 2 is 1.82 bits per heavy atom. The summed E-state index contributed by atoms with van der Waals surface area (Å²) >= 11 is 0. The summed E-state index contributed by atoms with van der Waals surface area (Å²) in [6, 6.07) is 0. The molecule has 0 aliphatic heterocycles. The van der Waals surface area contributed by atoms with E-state index in [0.29, 0.717) is 17.8 Å². The Balaban J connectivity index is 2.28. The molecule has 0 aromatic carbocycles. The van der Waals surface area contributed by atoms with Crippen molar-refractivity contribution in [1.82, 2.24) is 0 Å². The quantitative estimate of drug-likeness (QED) is 0.739. The molecule has 0 saturated heterocycles. The van der Waals surface area contributed by atoms with Gasteiger partial charge in [-0.25, -0.2) is 0 Å². The van der Waals surface area contributed by atoms with Gasteiger partial charge >= 0.3 is 0 Å². The van der Waals surface area contributed by atoms with E-state index in [9.17, 15) is 10.2 Å². The van der Waals surface area contributed by atoms with Gasteiger partial charge < -0.3 is 10.2 Å². The second-order valence-corrected chi connectivity index (χ2v) is 9.45. The SMILES string of the molecule is C=C[C@](C)(O)CC[C@@H]1[C@@]2(C)CCCC(C)(C)C2CC[C@@]1(C)O. The van der Waals surface area contributed by atoms with Crippen molar-refractivity contribution >= 4 is 0 Å². The van der Waals surface area contributed by atoms with E-state index in [-0.39, 0.29) is 11.3 Å². The van der Waals surface area contributed by atoms with E-state index in [1.165, 1.54) is 19.3 Å². The van der Waals surface area contributed by atoms with Crippen LogP contribution in [-0.4, -0.2) is 21.4 Å². The first-order chi connectivity index (χ1) is 9.95. The molecule has 0 aromatic rings. The van der Waals surface area contributed by atoms with Crippen molar-refractivity contribution in [2.24, 2.45) is 22.7 Å². The molecular weight excluding hydrogens is 272 g/mol. The lowest BCUT2D eigenvalue weighted by atomic mass is 9.45. The molecule has 2 heteroatoms. The molecule has 2 rings (SSSR count). The normalized spacial score (nSPS) is 44.0. The Labute approximate surface area is 137 Å². The first-order valence-electron chi connectivity index (χ1n) is 9.03. The van der Waals surface area contributed by atoms with Gasteiger partial charge in [0, 0.05) is 0 Å². The molecule has 2 nitrogen and oxygen atoms in total. The zero-order valence-corrected chi connectivity index (χ0v) is 15.3. The van der Waals surface area contributed by atoms with E-state index < -0.39 is 11.2 Å². The second kappa shape index (κ2) is 5.63. The number of rotatable bonds is 4. The minimum absolute atomic E-state index is 0.181. The molecule has 0 aromatic heterocycles. The Hall–Kier alpha value is -0.340. The standard InChI is InChI=1S/C20H36O2/c1-7-18(4,21)13-9-16-19(5)12-8-11-17(2,3)15(19)10-14-20(16,6)22/h7,15-16,21-22H,1,8-14H2,2-6H3/t15?,16-,18+,19+,20-/m1/s1. The van der Waals surface area contributed by atoms with Crippen LogP contribution >= 0.6 is 0 Å². The zero-order chi connectivity index (χ0) is 16.8. The summed E-state index contributed by atoms with van der Waals surface area (Å²) in [4.78, 5) is 0. The molecule has 0 heterocycles. The van der Waals surface area contributed by atoms with Gasteiger partial charge in [0.25, 0.3) is 0 Å². The number of fused-ring (bicyclic) bond motifs is 1. The van der Waals surface area contributed by atoms with Gasteiger partial charge in [0.15, 0.2) is 0 Å². The molecule has 0 spiro atoms. The van der Waals surface area contributed by atoms with Gasteiger partial charge in [-0.1, -0.05) is 33.3 Å². The average Bonchev–Trinajstić information content (AvgIpc) is 2.35. The van der Waals surface area contributed by atoms with Crippen LogP contribution in [0.2, 0.25) is 0 Å². The smallest absolute Gasteiger partial charge is 0.0797 e. The molecule has 2 fully saturated rings. The highest BCUT2D eigenvalue weighted by atomic mass is 16.3. The van der Waals surface area contributed by atoms with Gasteiger partial charge in [0.05, 0.1) is 11.2 Å². The molecule has 0 amide bonds. The van der Waals surface area contributed by atoms with Crippen LogP contribution in [0.1, 0.15) is 79.6 Å². The topological polar surface area (TPSA) is 40.5 Å². The molecule has 128 valence electrons. The van der Waals surface area contributed by atoms with Gasteiger partial charge in [-0.2, -0.15) is 0 Å². The number of aliphatic hydroxyl groups is 2. The first-order valence-corrected chi connectivity index (χ1v) is 9.03. The lowest BCUT2D eigenvalue weighted by molar-refractivity contribution is -0.171. The van der Waals surface area contributed by atoms with E-state index in [2.05, 4.69) is 27.4 Å². The lowest BCUT2D eigenvalue weighted by Gasteiger charge is -2.61. The molecule has 0 bridgehead atoms. The predicted molar refractivity (Wildman–Crippen MR) is 92.6 cm³/mol. The summed E-state index contributed by atoms with van der Waals surface area (Å²) in [5.41, 5.74) is -0.900. The monoisotopic (exact) mass is 308 g/mol. The molecule has 22 heavy (non-hydrogen) atoms. The molecule has 2 aliphatic rings. The molecule has 5 atom stereocenters. The molecule has 0 radical (unpaired) electrons. The molecule has 1 unspecified atom stereocenters. The average molecular weight is 309 g/mol. The van der Waals surface area contributed by atoms with Gasteiger partial charge in [-0.3, -0.25) is 0 Å². The molecule has 2 aliphatic carbocycles. The minimum Gasteiger partial charge on any atom is -0.390 e. The fourth-order valence-corrected chi connectivity index (χ4v) is 5.80. The van der Waals surface area contributed by atoms with Crippen LogP contribution in [0.4, 0.5) is 0 Å². The highest BCUT2D eigenvalue weighted by Gasteiger charge is 2.57. The van der Waals surface area contributed by atoms with Crippen LogP contribution in [0, 0.1) is 22.7 Å². The van der Waals surface area contributed by atoms with E-state index in [4.69, 9.17) is 0 Å². The zero-order valence-electron chi connectivity index (χ0n) is 15.3. The van der Waals surface area contributed by atoms with Crippen LogP contribution in [0.25, 0.3) is 0 Å². The maximum Gasteiger partial charge on any atom is 0.0797 e. The van der Waals surface area contributed by atoms with E-state index in [1.807, 2.05) is 13.8 Å². The third kappa shape index (κ3) is 3.14. The van der Waals surface area contributed by atoms with Gasteiger partial charge in [-0.15, -0.1) is 6.58 Å². The van der Waals surface area contributed by atoms with Crippen LogP contribution in [0.15, 0.2) is 12.7 Å². The van der Waals surface area contributed by atoms with Crippen LogP contribution in [0.3, 0.4) is 0 Å². The highest BCUT2D eigenvalue weighted by molar-refractivity contribution is 5.08. The molecular formula is C20H36O2. The highest BCUT2D eigenvalue weighted by Crippen LogP contribution is 2.63. The third-order valence-corrected chi connectivity index (χ3v) is 7.14. The maximum absolute atomic E-state index is 11.1. The van der Waals surface area contributed by atoms with Crippen LogP contribution in [0.5, 0.6) is 0 Å². The number of hydrogen-bond acceptors (Lipinski definition) is 2. The molecule has 2 N–H and O–H groups in total. The van der Waals surface area contributed by atoms with Crippen molar-refractivity contribution in [3.63, 3.8) is 0 Å². The van der Waals surface area contributed by atoms with E-state index in [0.717, 1.165) is 19.3 Å². The summed E-state index contributed by atoms with van der Waals surface area (Å²) in [6.45, 7) is 14.8. The van der Waals surface area contributed by atoms with Crippen molar-refractivity contribution in [2.75, 3.05) is 0 Å². The van der Waals surface area contributed by atoms with Crippen molar-refractivity contribution in [2.45, 2.75) is 90.8 Å². The second-order valence-electron chi connectivity index (χ2n) is 9.45. The summed E-state index contributed by atoms with van der Waals surface area (Å²) in [5, 5.41) is 21.4. The van der Waals surface area contributed by atoms with Crippen LogP contribution < -0.4 is 0 Å². The largest absolute Gasteiger partial charge is 0.390 e. The van der Waals surface area contributed by atoms with Gasteiger partial charge in [0.1, 0.15) is 0 Å². The maximum atomic E-state index is 11.1. The summed E-state index contributed by atoms with van der Waals surface area (Å²) in [7, 11) is 0. The summed E-state index contributed by atoms with van der Waals surface area (Å²) in [6.07, 6.45) is 8.96. The summed E-state index contributed by atoms with van der Waals surface area (Å²) < 4.78 is 0. The predicted octanol–water partition coefficient (Wildman–Crippen LogP) is 4.70. The van der Waals surface area contributed by atoms with Crippen molar-refractivity contribution in [3.05, 3.63) is 12.7 Å². The fraction of sp³-hybridized carbons (Fsp3) is 0.900. The fourth-order valence-electron chi connectivity index (χ4n) is 5.80. The summed E-state index contributed by atoms with van der Waals surface area (Å²) in [5.74, 6) is 0.928. The lowest BCUT2D eigenvalue weighted by Crippen LogP contribution is -2.57. The minimum atomic E-state index is -0.830. The Kier molecular flexibility index (Phi) is 4.61. The first kappa shape index (κ1) is 18.0. The van der Waals surface area contributed by atoms with E-state index in [1.54, 1.807) is 6.08 Å². The van der Waals surface area contributed by atoms with Crippen molar-refractivity contribution < 1.29 is 10.2 Å². The Morgan fingerprint density at radius 3 is 2.41 bits per heavy atom. The number of hydrogen-bond donors (Lipinski definition) is 2. The van der Waals surface area contributed by atoms with Crippen LogP contribution in [-0.2, 0) is 0 Å². The van der Waals surface area contributed by atoms with Crippen molar-refractivity contribution in [3.8, 4) is 0 Å². The third-order valence-electron chi connectivity index (χ3n) is 7.14. The van der Waals surface area contributed by atoms with E-state index >= 15 is 0 Å². The van der Waals surface area contributed by atoms with Gasteiger partial charge in [-0.05, 0) is 75.0 Å². The van der Waals surface area contributed by atoms with Crippen molar-refractivity contribution in [1.29, 1.82) is 0 Å². The Morgan fingerprint density at radius 1 is 1.18 bits per heavy atom. The van der Waals surface area contributed by atoms with Gasteiger partial charge in [0.2, 0.25) is 0 Å². The Bertz CT molecular complexity index is 421.